The number of ether oxygens (including phenoxy) is 2. The van der Waals surface area contributed by atoms with Gasteiger partial charge in [-0.3, -0.25) is 14.5 Å². The molecule has 1 fully saturated rings. The second kappa shape index (κ2) is 10.9. The van der Waals surface area contributed by atoms with E-state index in [1.807, 2.05) is 54.6 Å². The predicted molar refractivity (Wildman–Crippen MR) is 135 cm³/mol. The lowest BCUT2D eigenvalue weighted by Gasteiger charge is -2.32. The van der Waals surface area contributed by atoms with Gasteiger partial charge in [-0.1, -0.05) is 42.1 Å². The number of hydrogen-bond acceptors (Lipinski definition) is 6. The minimum atomic E-state index is -0.598. The number of amides is 2. The molecule has 1 atom stereocenters. The van der Waals surface area contributed by atoms with Crippen molar-refractivity contribution in [2.45, 2.75) is 18.2 Å². The normalized spacial score (nSPS) is 16.9. The number of benzene rings is 3. The fourth-order valence-corrected chi connectivity index (χ4v) is 4.53. The molecular weight excluding hydrogens is 450 g/mol. The van der Waals surface area contributed by atoms with E-state index in [2.05, 4.69) is 5.32 Å². The maximum atomic E-state index is 13.2. The number of rotatable bonds is 7. The molecule has 0 aliphatic carbocycles. The summed E-state index contributed by atoms with van der Waals surface area (Å²) >= 11 is 1.29. The van der Waals surface area contributed by atoms with Crippen LogP contribution in [0.5, 0.6) is 11.5 Å². The monoisotopic (exact) mass is 475 g/mol. The number of carbonyl (C=O) groups excluding carboxylic acids is 2. The zero-order valence-electron chi connectivity index (χ0n) is 18.9. The lowest BCUT2D eigenvalue weighted by molar-refractivity contribution is -0.129. The molecule has 8 heteroatoms. The van der Waals surface area contributed by atoms with E-state index < -0.39 is 5.25 Å². The van der Waals surface area contributed by atoms with E-state index in [-0.39, 0.29) is 18.2 Å². The number of methoxy groups -OCH3 is 2. The number of amidine groups is 1. The standard InChI is InChI=1S/C26H25N3O4S/c1-32-21-12-8-19(9-13-21)27-25(31)23-16-24(30)29(17-18-6-4-3-5-7-18)26(34-23)28-20-10-14-22(33-2)15-11-20/h3-15,23H,16-17H2,1-2H3,(H,27,31)/t23-/m1/s1. The van der Waals surface area contributed by atoms with Crippen molar-refractivity contribution < 1.29 is 19.1 Å². The average Bonchev–Trinajstić information content (AvgIpc) is 2.87. The van der Waals surface area contributed by atoms with Crippen LogP contribution in [-0.2, 0) is 16.1 Å². The van der Waals surface area contributed by atoms with Crippen molar-refractivity contribution in [3.05, 3.63) is 84.4 Å². The van der Waals surface area contributed by atoms with E-state index in [0.29, 0.717) is 34.6 Å². The van der Waals surface area contributed by atoms with Crippen molar-refractivity contribution >= 4 is 40.1 Å². The van der Waals surface area contributed by atoms with Gasteiger partial charge in [-0.15, -0.1) is 0 Å². The Bertz CT molecular complexity index is 1160. The van der Waals surface area contributed by atoms with Crippen LogP contribution in [0.25, 0.3) is 0 Å². The molecule has 1 saturated heterocycles. The molecule has 1 N–H and O–H groups in total. The highest BCUT2D eigenvalue weighted by Gasteiger charge is 2.36. The Morgan fingerprint density at radius 3 is 2.21 bits per heavy atom. The van der Waals surface area contributed by atoms with Crippen LogP contribution >= 0.6 is 11.8 Å². The van der Waals surface area contributed by atoms with E-state index in [0.717, 1.165) is 5.56 Å². The minimum Gasteiger partial charge on any atom is -0.497 e. The van der Waals surface area contributed by atoms with Crippen molar-refractivity contribution in [2.75, 3.05) is 19.5 Å². The zero-order chi connectivity index (χ0) is 23.9. The number of hydrogen-bond donors (Lipinski definition) is 1. The Hall–Kier alpha value is -3.78. The van der Waals surface area contributed by atoms with E-state index in [1.165, 1.54) is 11.8 Å². The number of aliphatic imine (C=N–C) groups is 1. The number of nitrogens with zero attached hydrogens (tertiary/aromatic N) is 2. The summed E-state index contributed by atoms with van der Waals surface area (Å²) in [5.74, 6) is 1.02. The molecule has 0 aromatic heterocycles. The number of thioether (sulfide) groups is 1. The largest absolute Gasteiger partial charge is 0.497 e. The van der Waals surface area contributed by atoms with Crippen LogP contribution in [-0.4, -0.2) is 41.4 Å². The first-order valence-corrected chi connectivity index (χ1v) is 11.6. The van der Waals surface area contributed by atoms with E-state index >= 15 is 0 Å². The van der Waals surface area contributed by atoms with E-state index in [9.17, 15) is 9.59 Å². The highest BCUT2D eigenvalue weighted by atomic mass is 32.2. The summed E-state index contributed by atoms with van der Waals surface area (Å²) in [5.41, 5.74) is 2.30. The Morgan fingerprint density at radius 1 is 0.971 bits per heavy atom. The van der Waals surface area contributed by atoms with Crippen LogP contribution in [0.3, 0.4) is 0 Å². The second-order valence-corrected chi connectivity index (χ2v) is 8.76. The van der Waals surface area contributed by atoms with Crippen LogP contribution in [0.4, 0.5) is 11.4 Å². The van der Waals surface area contributed by atoms with Gasteiger partial charge in [0, 0.05) is 12.1 Å². The quantitative estimate of drug-likeness (QED) is 0.528. The molecular formula is C26H25N3O4S. The highest BCUT2D eigenvalue weighted by molar-refractivity contribution is 8.15. The Morgan fingerprint density at radius 2 is 1.59 bits per heavy atom. The molecule has 4 rings (SSSR count). The number of nitrogens with one attached hydrogen (secondary N) is 1. The van der Waals surface area contributed by atoms with Crippen molar-refractivity contribution in [3.63, 3.8) is 0 Å². The van der Waals surface area contributed by atoms with Gasteiger partial charge in [0.1, 0.15) is 16.7 Å². The molecule has 0 unspecified atom stereocenters. The predicted octanol–water partition coefficient (Wildman–Crippen LogP) is 4.86. The van der Waals surface area contributed by atoms with Gasteiger partial charge in [0.05, 0.1) is 26.5 Å². The molecule has 2 amide bonds. The molecule has 3 aromatic carbocycles. The van der Waals surface area contributed by atoms with Crippen molar-refractivity contribution in [3.8, 4) is 11.5 Å². The zero-order valence-corrected chi connectivity index (χ0v) is 19.7. The van der Waals surface area contributed by atoms with Crippen molar-refractivity contribution in [1.82, 2.24) is 4.90 Å². The van der Waals surface area contributed by atoms with Crippen LogP contribution < -0.4 is 14.8 Å². The third kappa shape index (κ3) is 5.77. The third-order valence-electron chi connectivity index (χ3n) is 5.27. The Labute approximate surface area is 202 Å². The summed E-state index contributed by atoms with van der Waals surface area (Å²) in [7, 11) is 3.19. The fraction of sp³-hybridized carbons (Fsp3) is 0.192. The molecule has 7 nitrogen and oxygen atoms in total. The van der Waals surface area contributed by atoms with Gasteiger partial charge in [0.2, 0.25) is 11.8 Å². The number of anilines is 1. The molecule has 1 heterocycles. The molecule has 0 bridgehead atoms. The fourth-order valence-electron chi connectivity index (χ4n) is 3.43. The molecule has 174 valence electrons. The maximum absolute atomic E-state index is 13.2. The SMILES string of the molecule is COc1ccc(N=C2S[C@@H](C(=O)Nc3ccc(OC)cc3)CC(=O)N2Cc2ccccc2)cc1. The maximum Gasteiger partial charge on any atom is 0.238 e. The molecule has 1 aliphatic heterocycles. The van der Waals surface area contributed by atoms with Gasteiger partial charge >= 0.3 is 0 Å². The molecule has 34 heavy (non-hydrogen) atoms. The second-order valence-electron chi connectivity index (χ2n) is 7.59. The summed E-state index contributed by atoms with van der Waals surface area (Å²) in [5, 5.41) is 2.78. The first-order chi connectivity index (χ1) is 16.6. The third-order valence-corrected chi connectivity index (χ3v) is 6.46. The van der Waals surface area contributed by atoms with Crippen LogP contribution in [0.15, 0.2) is 83.9 Å². The minimum absolute atomic E-state index is 0.0844. The lowest BCUT2D eigenvalue weighted by Crippen LogP contribution is -2.44. The molecule has 0 saturated carbocycles. The number of carbonyl (C=O) groups is 2. The van der Waals surface area contributed by atoms with Crippen LogP contribution in [0, 0.1) is 0 Å². The van der Waals surface area contributed by atoms with Gasteiger partial charge in [-0.2, -0.15) is 0 Å². The van der Waals surface area contributed by atoms with Crippen LogP contribution in [0.2, 0.25) is 0 Å². The van der Waals surface area contributed by atoms with Gasteiger partial charge in [0.15, 0.2) is 5.17 Å². The van der Waals surface area contributed by atoms with Gasteiger partial charge in [0.25, 0.3) is 0 Å². The lowest BCUT2D eigenvalue weighted by atomic mass is 10.2. The van der Waals surface area contributed by atoms with Gasteiger partial charge in [-0.05, 0) is 54.1 Å². The van der Waals surface area contributed by atoms with E-state index in [1.54, 1.807) is 43.4 Å². The molecule has 0 spiro atoms. The topological polar surface area (TPSA) is 80.2 Å². The van der Waals surface area contributed by atoms with Gasteiger partial charge < -0.3 is 14.8 Å². The smallest absolute Gasteiger partial charge is 0.238 e. The first-order valence-electron chi connectivity index (χ1n) is 10.7. The van der Waals surface area contributed by atoms with Crippen molar-refractivity contribution in [1.29, 1.82) is 0 Å². The first kappa shape index (κ1) is 23.4. The summed E-state index contributed by atoms with van der Waals surface area (Å²) in [6, 6.07) is 24.1. The molecule has 0 radical (unpaired) electrons. The Kier molecular flexibility index (Phi) is 7.49. The van der Waals surface area contributed by atoms with Crippen molar-refractivity contribution in [2.24, 2.45) is 4.99 Å². The summed E-state index contributed by atoms with van der Waals surface area (Å²) < 4.78 is 10.4. The Balaban J connectivity index is 1.57. The van der Waals surface area contributed by atoms with Crippen LogP contribution in [0.1, 0.15) is 12.0 Å². The average molecular weight is 476 g/mol. The summed E-state index contributed by atoms with van der Waals surface area (Å²) in [6.45, 7) is 0.383. The summed E-state index contributed by atoms with van der Waals surface area (Å²) in [4.78, 5) is 32.5. The van der Waals surface area contributed by atoms with E-state index in [4.69, 9.17) is 14.5 Å². The molecule has 3 aromatic rings. The summed E-state index contributed by atoms with van der Waals surface area (Å²) in [6.07, 6.45) is 0.0844. The van der Waals surface area contributed by atoms with Gasteiger partial charge in [-0.25, -0.2) is 4.99 Å². The molecule has 1 aliphatic rings. The highest BCUT2D eigenvalue weighted by Crippen LogP contribution is 2.31.